The van der Waals surface area contributed by atoms with E-state index >= 15 is 0 Å². The van der Waals surface area contributed by atoms with Crippen molar-refractivity contribution in [3.05, 3.63) is 65.0 Å². The number of amides is 1. The molecule has 182 valence electrons. The number of rotatable bonds is 6. The molecule has 0 radical (unpaired) electrons. The Bertz CT molecular complexity index is 1250. The van der Waals surface area contributed by atoms with Crippen molar-refractivity contribution in [3.63, 3.8) is 0 Å². The van der Waals surface area contributed by atoms with E-state index in [-0.39, 0.29) is 11.4 Å². The van der Waals surface area contributed by atoms with Crippen molar-refractivity contribution in [1.29, 1.82) is 0 Å². The molecule has 35 heavy (non-hydrogen) atoms. The molecule has 1 aliphatic carbocycles. The Balaban J connectivity index is 1.58. The molecule has 1 aliphatic heterocycles. The number of hydrogen-bond acceptors (Lipinski definition) is 7. The lowest BCUT2D eigenvalue weighted by atomic mass is 9.76. The number of carbonyl (C=O) groups is 1. The van der Waals surface area contributed by atoms with Gasteiger partial charge in [-0.15, -0.1) is 0 Å². The number of aromatic nitrogens is 2. The second-order valence-corrected chi connectivity index (χ2v) is 9.29. The molecule has 1 fully saturated rings. The molecule has 1 saturated carbocycles. The predicted octanol–water partition coefficient (Wildman–Crippen LogP) is 4.94. The number of nitrogens with zero attached hydrogens (tertiary/aromatic N) is 3. The molecule has 8 heteroatoms. The van der Waals surface area contributed by atoms with Crippen LogP contribution in [0.4, 0.5) is 17.3 Å². The number of nitrogens with two attached hydrogens (primary N) is 1. The molecule has 3 aromatic rings. The topological polar surface area (TPSA) is 103 Å². The number of ether oxygens (including phenoxy) is 2. The average molecular weight is 474 g/mol. The summed E-state index contributed by atoms with van der Waals surface area (Å²) in [6.45, 7) is 2.41. The van der Waals surface area contributed by atoms with Gasteiger partial charge in [-0.05, 0) is 49.1 Å². The number of carbonyl (C=O) groups excluding carboxylic acids is 1. The number of methoxy groups -OCH3 is 2. The van der Waals surface area contributed by atoms with Gasteiger partial charge in [0.25, 0.3) is 5.91 Å². The molecule has 0 unspecified atom stereocenters. The molecule has 1 spiro atoms. The molecule has 0 saturated heterocycles. The number of hydrogen-bond donors (Lipinski definition) is 2. The summed E-state index contributed by atoms with van der Waals surface area (Å²) in [5.74, 6) is 2.45. The summed E-state index contributed by atoms with van der Waals surface area (Å²) in [5.41, 5.74) is 9.96. The lowest BCUT2D eigenvalue weighted by molar-refractivity contribution is 0.0386. The summed E-state index contributed by atoms with van der Waals surface area (Å²) in [7, 11) is 3.27. The van der Waals surface area contributed by atoms with E-state index in [4.69, 9.17) is 15.2 Å². The minimum atomic E-state index is -0.366. The minimum absolute atomic E-state index is 0.0172. The molecule has 3 N–H and O–H groups in total. The van der Waals surface area contributed by atoms with Gasteiger partial charge in [-0.2, -0.15) is 0 Å². The van der Waals surface area contributed by atoms with Crippen molar-refractivity contribution in [1.82, 2.24) is 14.9 Å². The van der Waals surface area contributed by atoms with Crippen molar-refractivity contribution in [2.45, 2.75) is 51.1 Å². The maximum absolute atomic E-state index is 13.9. The molecule has 2 heterocycles. The first-order chi connectivity index (χ1) is 17.0. The number of anilines is 3. The van der Waals surface area contributed by atoms with Crippen LogP contribution in [-0.4, -0.2) is 35.0 Å². The van der Waals surface area contributed by atoms with Crippen LogP contribution in [0.1, 0.15) is 59.2 Å². The van der Waals surface area contributed by atoms with Crippen LogP contribution >= 0.6 is 0 Å². The molecule has 1 aromatic heterocycles. The quantitative estimate of drug-likeness (QED) is 0.522. The second-order valence-electron chi connectivity index (χ2n) is 9.29. The predicted molar refractivity (Wildman–Crippen MR) is 135 cm³/mol. The highest BCUT2D eigenvalue weighted by Gasteiger charge is 2.51. The third-order valence-electron chi connectivity index (χ3n) is 7.37. The van der Waals surface area contributed by atoms with Crippen LogP contribution in [0.3, 0.4) is 0 Å². The van der Waals surface area contributed by atoms with E-state index in [1.165, 1.54) is 12.7 Å². The summed E-state index contributed by atoms with van der Waals surface area (Å²) in [5, 5.41) is 3.38. The molecule has 5 rings (SSSR count). The van der Waals surface area contributed by atoms with Gasteiger partial charge in [-0.3, -0.25) is 4.79 Å². The van der Waals surface area contributed by atoms with Gasteiger partial charge in [-0.1, -0.05) is 31.4 Å². The molecule has 1 amide bonds. The fourth-order valence-electron chi connectivity index (χ4n) is 5.45. The Kier molecular flexibility index (Phi) is 5.96. The summed E-state index contributed by atoms with van der Waals surface area (Å²) in [6, 6.07) is 11.9. The molecule has 0 bridgehead atoms. The van der Waals surface area contributed by atoms with Crippen molar-refractivity contribution in [2.24, 2.45) is 0 Å². The van der Waals surface area contributed by atoms with E-state index in [0.29, 0.717) is 29.5 Å². The molecule has 8 nitrogen and oxygen atoms in total. The largest absolute Gasteiger partial charge is 0.497 e. The van der Waals surface area contributed by atoms with Crippen molar-refractivity contribution < 1.29 is 14.3 Å². The van der Waals surface area contributed by atoms with Crippen LogP contribution in [0.2, 0.25) is 0 Å². The summed E-state index contributed by atoms with van der Waals surface area (Å²) >= 11 is 0. The summed E-state index contributed by atoms with van der Waals surface area (Å²) in [4.78, 5) is 24.4. The molecular weight excluding hydrogens is 442 g/mol. The van der Waals surface area contributed by atoms with Gasteiger partial charge in [0.2, 0.25) is 0 Å². The highest BCUT2D eigenvalue weighted by Crippen LogP contribution is 2.52. The van der Waals surface area contributed by atoms with Gasteiger partial charge in [0, 0.05) is 23.9 Å². The van der Waals surface area contributed by atoms with E-state index < -0.39 is 0 Å². The van der Waals surface area contributed by atoms with Crippen LogP contribution < -0.4 is 20.5 Å². The minimum Gasteiger partial charge on any atom is -0.497 e. The zero-order chi connectivity index (χ0) is 24.6. The third-order valence-corrected chi connectivity index (χ3v) is 7.37. The summed E-state index contributed by atoms with van der Waals surface area (Å²) < 4.78 is 11.1. The molecule has 2 aliphatic rings. The van der Waals surface area contributed by atoms with E-state index in [1.54, 1.807) is 14.2 Å². The first-order valence-corrected chi connectivity index (χ1v) is 12.0. The normalized spacial score (nSPS) is 16.3. The second kappa shape index (κ2) is 9.09. The summed E-state index contributed by atoms with van der Waals surface area (Å²) in [6.07, 6.45) is 6.62. The highest BCUT2D eigenvalue weighted by atomic mass is 16.5. The lowest BCUT2D eigenvalue weighted by Crippen LogP contribution is -2.44. The van der Waals surface area contributed by atoms with E-state index in [9.17, 15) is 4.79 Å². The average Bonchev–Trinajstić information content (AvgIpc) is 3.09. The Morgan fingerprint density at radius 1 is 1.06 bits per heavy atom. The van der Waals surface area contributed by atoms with Crippen LogP contribution in [0.15, 0.2) is 42.7 Å². The Labute approximate surface area is 205 Å². The SMILES string of the molecule is COc1ccc(CN2C(=O)c3c(OC)cc(Nc4ncnc(N)c4C)cc3C23CCCCC3)cc1. The van der Waals surface area contributed by atoms with Crippen LogP contribution in [0.25, 0.3) is 0 Å². The maximum Gasteiger partial charge on any atom is 0.259 e. The van der Waals surface area contributed by atoms with Gasteiger partial charge in [0.1, 0.15) is 29.5 Å². The van der Waals surface area contributed by atoms with Crippen LogP contribution in [-0.2, 0) is 12.1 Å². The monoisotopic (exact) mass is 473 g/mol. The first-order valence-electron chi connectivity index (χ1n) is 12.0. The third kappa shape index (κ3) is 3.92. The van der Waals surface area contributed by atoms with Crippen molar-refractivity contribution in [3.8, 4) is 11.5 Å². The van der Waals surface area contributed by atoms with Crippen molar-refractivity contribution >= 4 is 23.2 Å². The smallest absolute Gasteiger partial charge is 0.259 e. The molecular formula is C27H31N5O3. The lowest BCUT2D eigenvalue weighted by Gasteiger charge is -2.42. The van der Waals surface area contributed by atoms with Crippen molar-refractivity contribution in [2.75, 3.05) is 25.3 Å². The fourth-order valence-corrected chi connectivity index (χ4v) is 5.45. The standard InChI is InChI=1S/C27H31N5O3/c1-17-24(28)29-16-30-25(17)31-19-13-21-23(22(14-19)35-3)26(33)32(27(21)11-5-4-6-12-27)15-18-7-9-20(34-2)10-8-18/h7-10,13-14,16H,4-6,11-12,15H2,1-3H3,(H3,28,29,30,31). The van der Waals surface area contributed by atoms with Gasteiger partial charge >= 0.3 is 0 Å². The van der Waals surface area contributed by atoms with E-state index in [0.717, 1.165) is 53.8 Å². The van der Waals surface area contributed by atoms with Gasteiger partial charge in [-0.25, -0.2) is 9.97 Å². The van der Waals surface area contributed by atoms with Gasteiger partial charge in [0.15, 0.2) is 0 Å². The molecule has 0 atom stereocenters. The number of nitrogen functional groups attached to an aromatic ring is 1. The highest BCUT2D eigenvalue weighted by molar-refractivity contribution is 6.03. The van der Waals surface area contributed by atoms with Crippen LogP contribution in [0.5, 0.6) is 11.5 Å². The Morgan fingerprint density at radius 2 is 1.80 bits per heavy atom. The van der Waals surface area contributed by atoms with Crippen LogP contribution in [0, 0.1) is 6.92 Å². The first kappa shape index (κ1) is 23.0. The number of fused-ring (bicyclic) bond motifs is 2. The Hall–Kier alpha value is -3.81. The van der Waals surface area contributed by atoms with E-state index in [1.807, 2.05) is 37.3 Å². The van der Waals surface area contributed by atoms with E-state index in [2.05, 4.69) is 26.3 Å². The Morgan fingerprint density at radius 3 is 2.49 bits per heavy atom. The zero-order valence-corrected chi connectivity index (χ0v) is 20.4. The number of nitrogens with one attached hydrogen (secondary N) is 1. The number of benzene rings is 2. The fraction of sp³-hybridized carbons (Fsp3) is 0.370. The van der Waals surface area contributed by atoms with Gasteiger partial charge < -0.3 is 25.4 Å². The molecule has 2 aromatic carbocycles. The van der Waals surface area contributed by atoms with Gasteiger partial charge in [0.05, 0.1) is 25.3 Å². The zero-order valence-electron chi connectivity index (χ0n) is 20.4. The maximum atomic E-state index is 13.9.